The van der Waals surface area contributed by atoms with Gasteiger partial charge in [-0.2, -0.15) is 5.06 Å². The van der Waals surface area contributed by atoms with E-state index in [9.17, 15) is 28.3 Å². The molecule has 2 aliphatic rings. The second kappa shape index (κ2) is 9.83. The van der Waals surface area contributed by atoms with Crippen molar-refractivity contribution in [2.24, 2.45) is 5.92 Å². The number of nitrogens with zero attached hydrogens (tertiary/aromatic N) is 1. The molecule has 190 valence electrons. The van der Waals surface area contributed by atoms with Gasteiger partial charge in [0.2, 0.25) is 11.8 Å². The molecule has 2 saturated heterocycles. The molecule has 0 aliphatic carbocycles. The van der Waals surface area contributed by atoms with E-state index in [2.05, 4.69) is 10.6 Å². The second-order valence-electron chi connectivity index (χ2n) is 10.9. The molecule has 34 heavy (non-hydrogen) atoms. The minimum atomic E-state index is -3.05. The van der Waals surface area contributed by atoms with Crippen LogP contribution >= 0.6 is 0 Å². The van der Waals surface area contributed by atoms with Crippen LogP contribution in [-0.4, -0.2) is 70.3 Å². The number of phenolic OH excluding ortho intramolecular Hbond substituents is 1. The first kappa shape index (κ1) is 26.4. The minimum Gasteiger partial charge on any atom is -0.508 e. The summed E-state index contributed by atoms with van der Waals surface area (Å²) in [5.74, 6) is -0.808. The van der Waals surface area contributed by atoms with Gasteiger partial charge in [0, 0.05) is 29.5 Å². The maximum absolute atomic E-state index is 13.3. The van der Waals surface area contributed by atoms with Crippen molar-refractivity contribution in [3.8, 4) is 5.75 Å². The number of piperidine rings is 1. The van der Waals surface area contributed by atoms with Crippen molar-refractivity contribution >= 4 is 21.7 Å². The maximum atomic E-state index is 13.3. The van der Waals surface area contributed by atoms with E-state index in [0.29, 0.717) is 25.7 Å². The molecule has 0 spiro atoms. The number of carbonyl (C=O) groups excluding carboxylic acids is 2. The van der Waals surface area contributed by atoms with Gasteiger partial charge < -0.3 is 20.9 Å². The molecule has 2 fully saturated rings. The van der Waals surface area contributed by atoms with Gasteiger partial charge in [-0.25, -0.2) is 8.42 Å². The van der Waals surface area contributed by atoms with Crippen molar-refractivity contribution in [3.63, 3.8) is 0 Å². The molecule has 1 unspecified atom stereocenters. The Labute approximate surface area is 201 Å². The average Bonchev–Trinajstić information content (AvgIpc) is 2.74. The van der Waals surface area contributed by atoms with E-state index in [1.165, 1.54) is 17.2 Å². The Hall–Kier alpha value is -2.17. The van der Waals surface area contributed by atoms with Crippen molar-refractivity contribution in [3.05, 3.63) is 29.8 Å². The number of sulfone groups is 1. The summed E-state index contributed by atoms with van der Waals surface area (Å²) in [6, 6.07) is 5.34. The third-order valence-corrected chi connectivity index (χ3v) is 8.63. The summed E-state index contributed by atoms with van der Waals surface area (Å²) >= 11 is 0. The van der Waals surface area contributed by atoms with Gasteiger partial charge in [-0.3, -0.25) is 9.59 Å². The highest BCUT2D eigenvalue weighted by molar-refractivity contribution is 7.91. The van der Waals surface area contributed by atoms with Crippen LogP contribution in [0.1, 0.15) is 58.9 Å². The molecular formula is C24H37N3O6S. The number of rotatable bonds is 6. The van der Waals surface area contributed by atoms with Gasteiger partial charge in [0.1, 0.15) is 21.6 Å². The lowest BCUT2D eigenvalue weighted by Gasteiger charge is -2.51. The number of benzene rings is 1. The predicted molar refractivity (Wildman–Crippen MR) is 128 cm³/mol. The average molecular weight is 496 g/mol. The fourth-order valence-electron chi connectivity index (χ4n) is 5.16. The smallest absolute Gasteiger partial charge is 0.243 e. The number of hydroxylamine groups is 2. The molecule has 0 aromatic heterocycles. The number of carbonyl (C=O) groups is 2. The SMILES string of the molecule is CC1(C)CC(C(=O)NC(Cc2ccc(O)cc2)C(=O)NC2CCS(=O)(=O)CC2)CC(C)(C)N1O. The van der Waals surface area contributed by atoms with Crippen molar-refractivity contribution < 1.29 is 28.3 Å². The van der Waals surface area contributed by atoms with Crippen LogP contribution in [0.2, 0.25) is 0 Å². The predicted octanol–water partition coefficient (Wildman–Crippen LogP) is 1.77. The van der Waals surface area contributed by atoms with Crippen LogP contribution in [0.5, 0.6) is 5.75 Å². The monoisotopic (exact) mass is 495 g/mol. The Morgan fingerprint density at radius 2 is 1.59 bits per heavy atom. The summed E-state index contributed by atoms with van der Waals surface area (Å²) in [4.78, 5) is 26.5. The third-order valence-electron chi connectivity index (χ3n) is 6.92. The molecular weight excluding hydrogens is 458 g/mol. The lowest BCUT2D eigenvalue weighted by atomic mass is 9.75. The van der Waals surface area contributed by atoms with Crippen LogP contribution in [0.15, 0.2) is 24.3 Å². The van der Waals surface area contributed by atoms with Crippen LogP contribution in [0.3, 0.4) is 0 Å². The van der Waals surface area contributed by atoms with Crippen LogP contribution in [0, 0.1) is 5.92 Å². The van der Waals surface area contributed by atoms with Gasteiger partial charge in [-0.1, -0.05) is 12.1 Å². The molecule has 2 aliphatic heterocycles. The van der Waals surface area contributed by atoms with E-state index >= 15 is 0 Å². The Balaban J connectivity index is 1.74. The number of nitrogens with one attached hydrogen (secondary N) is 2. The Kier molecular flexibility index (Phi) is 7.64. The number of phenols is 1. The normalized spacial score (nSPS) is 23.7. The molecule has 10 heteroatoms. The van der Waals surface area contributed by atoms with E-state index in [1.54, 1.807) is 12.1 Å². The van der Waals surface area contributed by atoms with Gasteiger partial charge in [0.05, 0.1) is 11.5 Å². The first-order valence-electron chi connectivity index (χ1n) is 11.8. The van der Waals surface area contributed by atoms with Gasteiger partial charge in [0.15, 0.2) is 0 Å². The highest BCUT2D eigenvalue weighted by atomic mass is 32.2. The van der Waals surface area contributed by atoms with Crippen LogP contribution in [0.4, 0.5) is 0 Å². The molecule has 1 atom stereocenters. The quantitative estimate of drug-likeness (QED) is 0.472. The van der Waals surface area contributed by atoms with E-state index < -0.39 is 27.0 Å². The van der Waals surface area contributed by atoms with Gasteiger partial charge in [0.25, 0.3) is 0 Å². The molecule has 2 heterocycles. The van der Waals surface area contributed by atoms with Gasteiger partial charge >= 0.3 is 0 Å². The molecule has 3 rings (SSSR count). The van der Waals surface area contributed by atoms with Crippen molar-refractivity contribution in [2.75, 3.05) is 11.5 Å². The molecule has 4 N–H and O–H groups in total. The van der Waals surface area contributed by atoms with Crippen molar-refractivity contribution in [2.45, 2.75) is 83.0 Å². The standard InChI is InChI=1S/C24H37N3O6S/c1-23(2)14-17(15-24(3,4)27(23)31)21(29)26-20(13-16-5-7-19(28)8-6-16)22(30)25-18-9-11-34(32,33)12-10-18/h5-8,17-18,20,28,31H,9-15H2,1-4H3,(H,25,30)(H,26,29). The number of hydrogen-bond acceptors (Lipinski definition) is 7. The minimum absolute atomic E-state index is 0.0385. The molecule has 0 radical (unpaired) electrons. The van der Waals surface area contributed by atoms with Crippen LogP contribution < -0.4 is 10.6 Å². The largest absolute Gasteiger partial charge is 0.508 e. The molecule has 2 amide bonds. The zero-order valence-corrected chi connectivity index (χ0v) is 21.2. The van der Waals surface area contributed by atoms with Crippen LogP contribution in [0.25, 0.3) is 0 Å². The Bertz CT molecular complexity index is 974. The summed E-state index contributed by atoms with van der Waals surface area (Å²) in [5.41, 5.74) is -0.437. The lowest BCUT2D eigenvalue weighted by molar-refractivity contribution is -0.249. The fourth-order valence-corrected chi connectivity index (χ4v) is 6.65. The van der Waals surface area contributed by atoms with Crippen molar-refractivity contribution in [1.82, 2.24) is 15.7 Å². The maximum Gasteiger partial charge on any atom is 0.243 e. The molecule has 0 bridgehead atoms. The summed E-state index contributed by atoms with van der Waals surface area (Å²) in [7, 11) is -3.05. The van der Waals surface area contributed by atoms with Gasteiger partial charge in [-0.05, 0) is 71.1 Å². The zero-order chi connectivity index (χ0) is 25.3. The summed E-state index contributed by atoms with van der Waals surface area (Å²) in [6.45, 7) is 7.52. The first-order chi connectivity index (χ1) is 15.7. The topological polar surface area (TPSA) is 136 Å². The molecule has 1 aromatic rings. The highest BCUT2D eigenvalue weighted by Crippen LogP contribution is 2.40. The second-order valence-corrected chi connectivity index (χ2v) is 13.2. The number of hydrogen-bond donors (Lipinski definition) is 4. The fraction of sp³-hybridized carbons (Fsp3) is 0.667. The van der Waals surface area contributed by atoms with Crippen molar-refractivity contribution in [1.29, 1.82) is 0 Å². The number of aromatic hydroxyl groups is 1. The first-order valence-corrected chi connectivity index (χ1v) is 13.6. The van der Waals surface area contributed by atoms with Gasteiger partial charge in [-0.15, -0.1) is 0 Å². The van der Waals surface area contributed by atoms with E-state index in [1.807, 2.05) is 27.7 Å². The summed E-state index contributed by atoms with van der Waals surface area (Å²) < 4.78 is 23.4. The summed E-state index contributed by atoms with van der Waals surface area (Å²) in [6.07, 6.45) is 1.81. The third kappa shape index (κ3) is 6.49. The molecule has 0 saturated carbocycles. The Morgan fingerprint density at radius 1 is 1.06 bits per heavy atom. The lowest BCUT2D eigenvalue weighted by Crippen LogP contribution is -2.61. The Morgan fingerprint density at radius 3 is 2.12 bits per heavy atom. The number of amides is 2. The zero-order valence-electron chi connectivity index (χ0n) is 20.4. The van der Waals surface area contributed by atoms with E-state index in [4.69, 9.17) is 0 Å². The van der Waals surface area contributed by atoms with Crippen LogP contribution in [-0.2, 0) is 25.8 Å². The highest BCUT2D eigenvalue weighted by Gasteiger charge is 2.47. The van der Waals surface area contributed by atoms with E-state index in [-0.39, 0.29) is 47.5 Å². The molecule has 1 aromatic carbocycles. The van der Waals surface area contributed by atoms with E-state index in [0.717, 1.165) is 5.56 Å². The molecule has 9 nitrogen and oxygen atoms in total. The summed E-state index contributed by atoms with van der Waals surface area (Å²) in [5, 5.41) is 27.3.